The van der Waals surface area contributed by atoms with Crippen LogP contribution >= 0.6 is 0 Å². The third-order valence-electron chi connectivity index (χ3n) is 3.17. The van der Waals surface area contributed by atoms with Crippen molar-refractivity contribution in [1.29, 1.82) is 0 Å². The normalized spacial score (nSPS) is 16.9. The number of hydrogen-bond donors (Lipinski definition) is 2. The lowest BCUT2D eigenvalue weighted by molar-refractivity contribution is -0.130. The topological polar surface area (TPSA) is 72.9 Å². The summed E-state index contributed by atoms with van der Waals surface area (Å²) in [7, 11) is 0. The van der Waals surface area contributed by atoms with Gasteiger partial charge in [-0.1, -0.05) is 0 Å². The Hall–Kier alpha value is -1.52. The molecule has 5 nitrogen and oxygen atoms in total. The van der Waals surface area contributed by atoms with Gasteiger partial charge in [-0.25, -0.2) is 0 Å². The molecule has 1 amide bonds. The first kappa shape index (κ1) is 11.0. The van der Waals surface area contributed by atoms with Gasteiger partial charge in [-0.2, -0.15) is 5.10 Å². The molecule has 0 saturated heterocycles. The Morgan fingerprint density at radius 2 is 2.31 bits per heavy atom. The fourth-order valence-corrected chi connectivity index (χ4v) is 1.66. The van der Waals surface area contributed by atoms with Gasteiger partial charge in [0.1, 0.15) is 5.54 Å². The number of hydrogen-bond acceptors (Lipinski definition) is 3. The molecular weight excluding hydrogens is 204 g/mol. The van der Waals surface area contributed by atoms with Crippen LogP contribution in [0.3, 0.4) is 0 Å². The maximum Gasteiger partial charge on any atom is 0.247 e. The predicted octanol–water partition coefficient (Wildman–Crippen LogP) is 0.869. The van der Waals surface area contributed by atoms with Crippen LogP contribution < -0.4 is 11.1 Å². The Morgan fingerprint density at radius 1 is 1.62 bits per heavy atom. The minimum absolute atomic E-state index is 0.000278. The summed E-state index contributed by atoms with van der Waals surface area (Å²) >= 11 is 0. The largest absolute Gasteiger partial charge is 0.396 e. The number of nitrogen functional groups attached to an aromatic ring is 1. The van der Waals surface area contributed by atoms with Crippen molar-refractivity contribution in [3.05, 3.63) is 12.4 Å². The molecule has 1 aromatic heterocycles. The number of carbonyl (C=O) groups excluding carboxylic acids is 1. The Kier molecular flexibility index (Phi) is 2.61. The second-order valence-electron chi connectivity index (χ2n) is 4.88. The van der Waals surface area contributed by atoms with E-state index in [0.29, 0.717) is 11.7 Å². The third kappa shape index (κ3) is 1.89. The van der Waals surface area contributed by atoms with Crippen molar-refractivity contribution in [1.82, 2.24) is 15.1 Å². The molecule has 1 aromatic rings. The van der Waals surface area contributed by atoms with Gasteiger partial charge < -0.3 is 11.1 Å². The summed E-state index contributed by atoms with van der Waals surface area (Å²) in [5.74, 6) is 0.000278. The fourth-order valence-electron chi connectivity index (χ4n) is 1.66. The van der Waals surface area contributed by atoms with Gasteiger partial charge in [-0.3, -0.25) is 9.48 Å². The molecule has 16 heavy (non-hydrogen) atoms. The third-order valence-corrected chi connectivity index (χ3v) is 3.17. The van der Waals surface area contributed by atoms with E-state index in [0.717, 1.165) is 12.8 Å². The highest BCUT2D eigenvalue weighted by molar-refractivity contribution is 5.83. The molecule has 0 spiro atoms. The number of rotatable bonds is 3. The molecule has 0 radical (unpaired) electrons. The van der Waals surface area contributed by atoms with E-state index in [9.17, 15) is 4.79 Å². The van der Waals surface area contributed by atoms with Crippen molar-refractivity contribution in [2.45, 2.75) is 44.7 Å². The van der Waals surface area contributed by atoms with E-state index in [4.69, 9.17) is 5.73 Å². The number of nitrogens with zero attached hydrogens (tertiary/aromatic N) is 2. The molecule has 3 N–H and O–H groups in total. The van der Waals surface area contributed by atoms with Crippen LogP contribution in [0, 0.1) is 0 Å². The van der Waals surface area contributed by atoms with Crippen LogP contribution in [-0.2, 0) is 10.3 Å². The number of carbonyl (C=O) groups is 1. The summed E-state index contributed by atoms with van der Waals surface area (Å²) in [6, 6.07) is 0.347. The predicted molar refractivity (Wildman–Crippen MR) is 61.7 cm³/mol. The van der Waals surface area contributed by atoms with Crippen molar-refractivity contribution in [3.8, 4) is 0 Å². The molecule has 2 rings (SSSR count). The van der Waals surface area contributed by atoms with E-state index in [1.54, 1.807) is 17.1 Å². The number of nitrogens with two attached hydrogens (primary N) is 1. The van der Waals surface area contributed by atoms with Crippen LogP contribution in [-0.4, -0.2) is 21.7 Å². The monoisotopic (exact) mass is 222 g/mol. The first-order valence-electron chi connectivity index (χ1n) is 5.62. The Bertz CT molecular complexity index is 392. The number of amides is 1. The Balaban J connectivity index is 2.07. The molecule has 1 aliphatic carbocycles. The van der Waals surface area contributed by atoms with Crippen molar-refractivity contribution in [2.75, 3.05) is 5.73 Å². The van der Waals surface area contributed by atoms with E-state index in [1.165, 1.54) is 6.42 Å². The van der Waals surface area contributed by atoms with E-state index in [-0.39, 0.29) is 5.91 Å². The zero-order chi connectivity index (χ0) is 11.8. The number of nitrogens with one attached hydrogen (secondary N) is 1. The van der Waals surface area contributed by atoms with E-state index < -0.39 is 5.54 Å². The minimum Gasteiger partial charge on any atom is -0.396 e. The molecule has 5 heteroatoms. The van der Waals surface area contributed by atoms with E-state index in [2.05, 4.69) is 10.4 Å². The highest BCUT2D eigenvalue weighted by Gasteiger charge is 2.33. The first-order chi connectivity index (χ1) is 7.50. The van der Waals surface area contributed by atoms with Gasteiger partial charge in [-0.05, 0) is 33.1 Å². The van der Waals surface area contributed by atoms with Crippen LogP contribution in [0.15, 0.2) is 12.4 Å². The molecule has 0 atom stereocenters. The molecule has 0 aromatic carbocycles. The molecule has 1 heterocycles. The Labute approximate surface area is 95.0 Å². The number of aromatic nitrogens is 2. The minimum atomic E-state index is -0.687. The Morgan fingerprint density at radius 3 is 2.75 bits per heavy atom. The maximum absolute atomic E-state index is 12.1. The van der Waals surface area contributed by atoms with Crippen LogP contribution in [0.25, 0.3) is 0 Å². The number of anilines is 1. The smallest absolute Gasteiger partial charge is 0.247 e. The summed E-state index contributed by atoms with van der Waals surface area (Å²) < 4.78 is 1.61. The highest BCUT2D eigenvalue weighted by Crippen LogP contribution is 2.21. The molecule has 0 unspecified atom stereocenters. The average Bonchev–Trinajstić information content (AvgIpc) is 2.58. The van der Waals surface area contributed by atoms with Gasteiger partial charge in [0.2, 0.25) is 5.91 Å². The second kappa shape index (κ2) is 3.81. The molecule has 0 aliphatic heterocycles. The quantitative estimate of drug-likeness (QED) is 0.797. The first-order valence-corrected chi connectivity index (χ1v) is 5.62. The fraction of sp³-hybridized carbons (Fsp3) is 0.636. The van der Waals surface area contributed by atoms with Crippen LogP contribution in [0.5, 0.6) is 0 Å². The van der Waals surface area contributed by atoms with Crippen LogP contribution in [0.2, 0.25) is 0 Å². The zero-order valence-corrected chi connectivity index (χ0v) is 9.73. The summed E-state index contributed by atoms with van der Waals surface area (Å²) in [5, 5.41) is 7.11. The van der Waals surface area contributed by atoms with Crippen molar-refractivity contribution >= 4 is 11.6 Å². The average molecular weight is 222 g/mol. The summed E-state index contributed by atoms with van der Waals surface area (Å²) in [4.78, 5) is 12.1. The molecule has 1 aliphatic rings. The standard InChI is InChI=1S/C11H18N4O/c1-11(2,15-7-8(12)6-13-15)10(16)14-9-4-3-5-9/h6-7,9H,3-5,12H2,1-2H3,(H,14,16). The van der Waals surface area contributed by atoms with Gasteiger partial charge in [-0.15, -0.1) is 0 Å². The molecule has 0 bridgehead atoms. The molecule has 1 saturated carbocycles. The van der Waals surface area contributed by atoms with Gasteiger partial charge in [0.25, 0.3) is 0 Å². The maximum atomic E-state index is 12.1. The van der Waals surface area contributed by atoms with Crippen molar-refractivity contribution < 1.29 is 4.79 Å². The zero-order valence-electron chi connectivity index (χ0n) is 9.73. The van der Waals surface area contributed by atoms with Gasteiger partial charge in [0, 0.05) is 12.2 Å². The van der Waals surface area contributed by atoms with Gasteiger partial charge in [0.15, 0.2) is 0 Å². The summed E-state index contributed by atoms with van der Waals surface area (Å²) in [5.41, 5.74) is 5.49. The van der Waals surface area contributed by atoms with Crippen LogP contribution in [0.4, 0.5) is 5.69 Å². The van der Waals surface area contributed by atoms with E-state index in [1.807, 2.05) is 13.8 Å². The molecule has 1 fully saturated rings. The summed E-state index contributed by atoms with van der Waals surface area (Å²) in [6.07, 6.45) is 6.62. The second-order valence-corrected chi connectivity index (χ2v) is 4.88. The van der Waals surface area contributed by atoms with Crippen molar-refractivity contribution in [3.63, 3.8) is 0 Å². The molecular formula is C11H18N4O. The lowest BCUT2D eigenvalue weighted by Crippen LogP contribution is -2.50. The van der Waals surface area contributed by atoms with Gasteiger partial charge >= 0.3 is 0 Å². The van der Waals surface area contributed by atoms with Crippen molar-refractivity contribution in [2.24, 2.45) is 0 Å². The lowest BCUT2D eigenvalue weighted by Gasteiger charge is -2.31. The molecule has 88 valence electrons. The lowest BCUT2D eigenvalue weighted by atomic mass is 9.92. The summed E-state index contributed by atoms with van der Waals surface area (Å²) in [6.45, 7) is 3.68. The van der Waals surface area contributed by atoms with Gasteiger partial charge in [0.05, 0.1) is 11.9 Å². The van der Waals surface area contributed by atoms with Crippen LogP contribution in [0.1, 0.15) is 33.1 Å². The SMILES string of the molecule is CC(C)(C(=O)NC1CCC1)n1cc(N)cn1. The van der Waals surface area contributed by atoms with E-state index >= 15 is 0 Å². The highest BCUT2D eigenvalue weighted by atomic mass is 16.2.